The van der Waals surface area contributed by atoms with Gasteiger partial charge in [-0.05, 0) is 49.9 Å². The standard InChI is InChI=1S/C16H25NO/c1-2-13-7-6-9-15(11-13)18-16-10-5-3-4-8-14(16)12-17/h6-7,9,11,14,16H,2-5,8,10,12,17H2,1H3. The Bertz CT molecular complexity index is 364. The monoisotopic (exact) mass is 247 g/mol. The third-order valence-corrected chi connectivity index (χ3v) is 3.99. The molecule has 1 aromatic carbocycles. The van der Waals surface area contributed by atoms with Gasteiger partial charge in [-0.3, -0.25) is 0 Å². The van der Waals surface area contributed by atoms with Crippen molar-refractivity contribution in [3.05, 3.63) is 29.8 Å². The van der Waals surface area contributed by atoms with Crippen LogP contribution in [0.5, 0.6) is 5.75 Å². The highest BCUT2D eigenvalue weighted by atomic mass is 16.5. The fourth-order valence-electron chi connectivity index (χ4n) is 2.79. The van der Waals surface area contributed by atoms with Crippen LogP contribution >= 0.6 is 0 Å². The number of benzene rings is 1. The van der Waals surface area contributed by atoms with Gasteiger partial charge >= 0.3 is 0 Å². The number of hydrogen-bond donors (Lipinski definition) is 1. The predicted octanol–water partition coefficient (Wildman–Crippen LogP) is 3.54. The highest BCUT2D eigenvalue weighted by Gasteiger charge is 2.24. The van der Waals surface area contributed by atoms with E-state index in [-0.39, 0.29) is 0 Å². The van der Waals surface area contributed by atoms with Gasteiger partial charge in [0.15, 0.2) is 0 Å². The van der Waals surface area contributed by atoms with Gasteiger partial charge in [0.25, 0.3) is 0 Å². The predicted molar refractivity (Wildman–Crippen MR) is 75.9 cm³/mol. The zero-order valence-electron chi connectivity index (χ0n) is 11.4. The van der Waals surface area contributed by atoms with Gasteiger partial charge in [-0.2, -0.15) is 0 Å². The zero-order valence-corrected chi connectivity index (χ0v) is 11.4. The van der Waals surface area contributed by atoms with Gasteiger partial charge in [0.1, 0.15) is 11.9 Å². The van der Waals surface area contributed by atoms with Crippen molar-refractivity contribution in [2.75, 3.05) is 6.54 Å². The Morgan fingerprint density at radius 2 is 2.06 bits per heavy atom. The summed E-state index contributed by atoms with van der Waals surface area (Å²) in [6.07, 6.45) is 7.63. The Hall–Kier alpha value is -1.02. The van der Waals surface area contributed by atoms with Gasteiger partial charge in [0.05, 0.1) is 0 Å². The maximum absolute atomic E-state index is 6.20. The fourth-order valence-corrected chi connectivity index (χ4v) is 2.79. The molecule has 1 aromatic rings. The second-order valence-electron chi connectivity index (χ2n) is 5.29. The molecule has 0 spiro atoms. The van der Waals surface area contributed by atoms with Gasteiger partial charge in [0, 0.05) is 5.92 Å². The largest absolute Gasteiger partial charge is 0.490 e. The molecule has 0 saturated heterocycles. The number of rotatable bonds is 4. The van der Waals surface area contributed by atoms with Gasteiger partial charge in [0.2, 0.25) is 0 Å². The van der Waals surface area contributed by atoms with Crippen LogP contribution in [0.3, 0.4) is 0 Å². The molecule has 1 fully saturated rings. The van der Waals surface area contributed by atoms with E-state index in [1.54, 1.807) is 0 Å². The van der Waals surface area contributed by atoms with Crippen molar-refractivity contribution in [1.29, 1.82) is 0 Å². The van der Waals surface area contributed by atoms with Crippen molar-refractivity contribution in [3.8, 4) is 5.75 Å². The average molecular weight is 247 g/mol. The molecule has 2 N–H and O–H groups in total. The normalized spacial score (nSPS) is 24.6. The van der Waals surface area contributed by atoms with Crippen molar-refractivity contribution in [3.63, 3.8) is 0 Å². The average Bonchev–Trinajstić information content (AvgIpc) is 2.64. The summed E-state index contributed by atoms with van der Waals surface area (Å²) < 4.78 is 6.20. The molecule has 2 heteroatoms. The number of ether oxygens (including phenoxy) is 1. The van der Waals surface area contributed by atoms with E-state index in [0.717, 1.165) is 25.1 Å². The Kier molecular flexibility index (Phi) is 5.06. The van der Waals surface area contributed by atoms with Crippen molar-refractivity contribution in [2.45, 2.75) is 51.6 Å². The molecule has 1 saturated carbocycles. The minimum atomic E-state index is 0.310. The van der Waals surface area contributed by atoms with Crippen LogP contribution in [-0.4, -0.2) is 12.6 Å². The Labute approximate surface area is 111 Å². The first-order valence-corrected chi connectivity index (χ1v) is 7.29. The first-order valence-electron chi connectivity index (χ1n) is 7.29. The minimum Gasteiger partial charge on any atom is -0.490 e. The molecular formula is C16H25NO. The Morgan fingerprint density at radius 3 is 2.83 bits per heavy atom. The van der Waals surface area contributed by atoms with Gasteiger partial charge in [-0.15, -0.1) is 0 Å². The highest BCUT2D eigenvalue weighted by Crippen LogP contribution is 2.27. The van der Waals surface area contributed by atoms with Crippen LogP contribution in [0.25, 0.3) is 0 Å². The maximum Gasteiger partial charge on any atom is 0.120 e. The molecule has 0 heterocycles. The molecule has 0 aromatic heterocycles. The molecule has 0 amide bonds. The second kappa shape index (κ2) is 6.79. The van der Waals surface area contributed by atoms with Gasteiger partial charge < -0.3 is 10.5 Å². The molecule has 0 bridgehead atoms. The van der Waals surface area contributed by atoms with Crippen LogP contribution in [-0.2, 0) is 6.42 Å². The summed E-state index contributed by atoms with van der Waals surface area (Å²) in [4.78, 5) is 0. The lowest BCUT2D eigenvalue weighted by atomic mass is 9.97. The summed E-state index contributed by atoms with van der Waals surface area (Å²) in [5.41, 5.74) is 7.23. The molecule has 2 nitrogen and oxygen atoms in total. The number of nitrogens with two attached hydrogens (primary N) is 1. The van der Waals surface area contributed by atoms with E-state index >= 15 is 0 Å². The summed E-state index contributed by atoms with van der Waals surface area (Å²) >= 11 is 0. The quantitative estimate of drug-likeness (QED) is 0.826. The third-order valence-electron chi connectivity index (χ3n) is 3.99. The second-order valence-corrected chi connectivity index (χ2v) is 5.29. The Balaban J connectivity index is 2.05. The first kappa shape index (κ1) is 13.4. The van der Waals surface area contributed by atoms with E-state index in [4.69, 9.17) is 10.5 Å². The van der Waals surface area contributed by atoms with Crippen LogP contribution in [0.15, 0.2) is 24.3 Å². The maximum atomic E-state index is 6.20. The van der Waals surface area contributed by atoms with Crippen molar-refractivity contribution >= 4 is 0 Å². The zero-order chi connectivity index (χ0) is 12.8. The Morgan fingerprint density at radius 1 is 1.22 bits per heavy atom. The molecule has 0 aliphatic heterocycles. The summed E-state index contributed by atoms with van der Waals surface area (Å²) in [5.74, 6) is 1.54. The summed E-state index contributed by atoms with van der Waals surface area (Å²) in [5, 5.41) is 0. The third kappa shape index (κ3) is 3.49. The van der Waals surface area contributed by atoms with Gasteiger partial charge in [-0.25, -0.2) is 0 Å². The van der Waals surface area contributed by atoms with Gasteiger partial charge in [-0.1, -0.05) is 31.9 Å². The van der Waals surface area contributed by atoms with E-state index in [2.05, 4.69) is 31.2 Å². The van der Waals surface area contributed by atoms with E-state index in [1.165, 1.54) is 31.2 Å². The van der Waals surface area contributed by atoms with Crippen LogP contribution in [0.2, 0.25) is 0 Å². The van der Waals surface area contributed by atoms with Crippen molar-refractivity contribution < 1.29 is 4.74 Å². The lowest BCUT2D eigenvalue weighted by Crippen LogP contribution is -2.31. The van der Waals surface area contributed by atoms with Crippen molar-refractivity contribution in [1.82, 2.24) is 0 Å². The lowest BCUT2D eigenvalue weighted by molar-refractivity contribution is 0.129. The molecular weight excluding hydrogens is 222 g/mol. The van der Waals surface area contributed by atoms with Crippen LogP contribution in [0.1, 0.15) is 44.6 Å². The first-order chi connectivity index (χ1) is 8.83. The number of aryl methyl sites for hydroxylation is 1. The topological polar surface area (TPSA) is 35.2 Å². The van der Waals surface area contributed by atoms with E-state index in [9.17, 15) is 0 Å². The summed E-state index contributed by atoms with van der Waals surface area (Å²) in [6, 6.07) is 8.47. The number of hydrogen-bond acceptors (Lipinski definition) is 2. The van der Waals surface area contributed by atoms with Crippen LogP contribution in [0.4, 0.5) is 0 Å². The molecule has 1 aliphatic carbocycles. The molecule has 2 unspecified atom stereocenters. The molecule has 18 heavy (non-hydrogen) atoms. The molecule has 2 rings (SSSR count). The van der Waals surface area contributed by atoms with Crippen molar-refractivity contribution in [2.24, 2.45) is 11.7 Å². The molecule has 2 atom stereocenters. The van der Waals surface area contributed by atoms with E-state index in [0.29, 0.717) is 12.0 Å². The fraction of sp³-hybridized carbons (Fsp3) is 0.625. The smallest absolute Gasteiger partial charge is 0.120 e. The molecule has 1 aliphatic rings. The SMILES string of the molecule is CCc1cccc(OC2CCCCCC2CN)c1. The summed E-state index contributed by atoms with van der Waals surface area (Å²) in [6.45, 7) is 2.92. The lowest BCUT2D eigenvalue weighted by Gasteiger charge is -2.25. The van der Waals surface area contributed by atoms with E-state index < -0.39 is 0 Å². The summed E-state index contributed by atoms with van der Waals surface area (Å²) in [7, 11) is 0. The molecule has 100 valence electrons. The highest BCUT2D eigenvalue weighted by molar-refractivity contribution is 5.28. The van der Waals surface area contributed by atoms with Crippen LogP contribution < -0.4 is 10.5 Å². The van der Waals surface area contributed by atoms with E-state index in [1.807, 2.05) is 0 Å². The van der Waals surface area contributed by atoms with Crippen LogP contribution in [0, 0.1) is 5.92 Å². The molecule has 0 radical (unpaired) electrons. The minimum absolute atomic E-state index is 0.310.